The second-order valence-electron chi connectivity index (χ2n) is 9.03. The second-order valence-corrected chi connectivity index (χ2v) is 9.03. The van der Waals surface area contributed by atoms with E-state index in [1.165, 1.54) is 0 Å². The first-order valence-electron chi connectivity index (χ1n) is 10.9. The van der Waals surface area contributed by atoms with Crippen LogP contribution in [-0.4, -0.2) is 65.3 Å². The molecule has 2 aliphatic rings. The smallest absolute Gasteiger partial charge is 0.228 e. The van der Waals surface area contributed by atoms with E-state index < -0.39 is 0 Å². The molecule has 3 heterocycles. The molecule has 0 N–H and O–H groups in total. The number of aromatic nitrogens is 2. The van der Waals surface area contributed by atoms with Crippen molar-refractivity contribution in [2.75, 3.05) is 38.6 Å². The van der Waals surface area contributed by atoms with Crippen LogP contribution in [0.4, 0.5) is 5.82 Å². The van der Waals surface area contributed by atoms with Crippen LogP contribution in [0.5, 0.6) is 0 Å². The first kappa shape index (κ1) is 21.7. The monoisotopic (exact) mass is 401 g/mol. The van der Waals surface area contributed by atoms with E-state index in [0.29, 0.717) is 37.7 Å². The molecular weight excluding hydrogens is 366 g/mol. The third-order valence-corrected chi connectivity index (χ3v) is 6.14. The van der Waals surface area contributed by atoms with E-state index in [1.807, 2.05) is 18.9 Å². The minimum Gasteiger partial charge on any atom is -0.338 e. The van der Waals surface area contributed by atoms with E-state index in [1.54, 1.807) is 4.90 Å². The molecule has 0 atom stereocenters. The zero-order chi connectivity index (χ0) is 21.1. The number of piperidine rings is 1. The van der Waals surface area contributed by atoms with E-state index in [9.17, 15) is 9.59 Å². The number of rotatable bonds is 6. The second kappa shape index (κ2) is 9.20. The number of carbonyl (C=O) groups is 2. The fourth-order valence-electron chi connectivity index (χ4n) is 4.18. The van der Waals surface area contributed by atoms with Crippen LogP contribution in [0.15, 0.2) is 0 Å². The maximum Gasteiger partial charge on any atom is 0.228 e. The van der Waals surface area contributed by atoms with Crippen LogP contribution < -0.4 is 4.90 Å². The molecule has 2 aliphatic heterocycles. The maximum absolute atomic E-state index is 12.9. The van der Waals surface area contributed by atoms with Crippen LogP contribution in [0.2, 0.25) is 0 Å². The summed E-state index contributed by atoms with van der Waals surface area (Å²) in [6.07, 6.45) is 3.96. The first-order chi connectivity index (χ1) is 13.8. The molecule has 3 rings (SSSR count). The van der Waals surface area contributed by atoms with Crippen molar-refractivity contribution in [3.05, 3.63) is 17.1 Å². The number of carbonyl (C=O) groups excluding carboxylic acids is 2. The summed E-state index contributed by atoms with van der Waals surface area (Å²) in [5.41, 5.74) is 1.99. The van der Waals surface area contributed by atoms with E-state index in [2.05, 4.69) is 30.8 Å². The Hall–Kier alpha value is -2.02. The van der Waals surface area contributed by atoms with Gasteiger partial charge in [-0.15, -0.1) is 0 Å². The predicted molar refractivity (Wildman–Crippen MR) is 114 cm³/mol. The topological polar surface area (TPSA) is 69.6 Å². The van der Waals surface area contributed by atoms with Crippen LogP contribution in [0.1, 0.15) is 56.6 Å². The number of hydrogen-bond donors (Lipinski definition) is 0. The van der Waals surface area contributed by atoms with Crippen molar-refractivity contribution in [1.29, 1.82) is 0 Å². The highest BCUT2D eigenvalue weighted by molar-refractivity contribution is 5.95. The van der Waals surface area contributed by atoms with Gasteiger partial charge in [-0.05, 0) is 58.7 Å². The van der Waals surface area contributed by atoms with Gasteiger partial charge in [-0.25, -0.2) is 9.97 Å². The minimum absolute atomic E-state index is 0.0824. The van der Waals surface area contributed by atoms with E-state index in [0.717, 1.165) is 49.4 Å². The van der Waals surface area contributed by atoms with Gasteiger partial charge in [0.2, 0.25) is 11.8 Å². The molecule has 2 amide bonds. The minimum atomic E-state index is 0.0824. The lowest BCUT2D eigenvalue weighted by molar-refractivity contribution is -0.136. The van der Waals surface area contributed by atoms with Gasteiger partial charge in [0.15, 0.2) is 0 Å². The van der Waals surface area contributed by atoms with Gasteiger partial charge in [-0.2, -0.15) is 0 Å². The Labute approximate surface area is 174 Å². The Morgan fingerprint density at radius 3 is 2.55 bits per heavy atom. The quantitative estimate of drug-likeness (QED) is 0.732. The van der Waals surface area contributed by atoms with E-state index >= 15 is 0 Å². The van der Waals surface area contributed by atoms with Gasteiger partial charge in [-0.3, -0.25) is 14.5 Å². The fraction of sp³-hybridized carbons (Fsp3) is 0.727. The van der Waals surface area contributed by atoms with Crippen molar-refractivity contribution in [2.45, 2.75) is 59.4 Å². The van der Waals surface area contributed by atoms with Crippen molar-refractivity contribution in [3.8, 4) is 0 Å². The van der Waals surface area contributed by atoms with Gasteiger partial charge >= 0.3 is 0 Å². The molecule has 0 radical (unpaired) electrons. The molecule has 1 saturated heterocycles. The van der Waals surface area contributed by atoms with Crippen molar-refractivity contribution < 1.29 is 9.59 Å². The highest BCUT2D eigenvalue weighted by atomic mass is 16.2. The third-order valence-electron chi connectivity index (χ3n) is 6.14. The van der Waals surface area contributed by atoms with Crippen LogP contribution in [0.3, 0.4) is 0 Å². The van der Waals surface area contributed by atoms with Crippen LogP contribution in [-0.2, 0) is 22.6 Å². The summed E-state index contributed by atoms with van der Waals surface area (Å²) in [5.74, 6) is 2.29. The highest BCUT2D eigenvalue weighted by Crippen LogP contribution is 2.29. The lowest BCUT2D eigenvalue weighted by Crippen LogP contribution is -2.40. The summed E-state index contributed by atoms with van der Waals surface area (Å²) in [6, 6.07) is 0. The third kappa shape index (κ3) is 5.13. The predicted octanol–water partition coefficient (Wildman–Crippen LogP) is 2.41. The standard InChI is InChI=1S/C22H35N5O2/c1-15(2)8-13-27-20(28)7-6-18-16(3)23-19(24-21(18)27)14-26(5)22(29)17-9-11-25(4)12-10-17/h15,17H,6-14H2,1-5H3. The Morgan fingerprint density at radius 1 is 1.21 bits per heavy atom. The average molecular weight is 402 g/mol. The molecule has 0 aromatic carbocycles. The average Bonchev–Trinajstić information content (AvgIpc) is 2.67. The highest BCUT2D eigenvalue weighted by Gasteiger charge is 2.29. The fourth-order valence-corrected chi connectivity index (χ4v) is 4.18. The lowest BCUT2D eigenvalue weighted by atomic mass is 9.96. The van der Waals surface area contributed by atoms with E-state index in [-0.39, 0.29) is 17.7 Å². The summed E-state index contributed by atoms with van der Waals surface area (Å²) in [5, 5.41) is 0. The first-order valence-corrected chi connectivity index (χ1v) is 10.9. The Morgan fingerprint density at radius 2 is 1.90 bits per heavy atom. The molecular formula is C22H35N5O2. The van der Waals surface area contributed by atoms with Crippen LogP contribution in [0.25, 0.3) is 0 Å². The van der Waals surface area contributed by atoms with Gasteiger partial charge in [0.25, 0.3) is 0 Å². The summed E-state index contributed by atoms with van der Waals surface area (Å²) >= 11 is 0. The molecule has 0 saturated carbocycles. The molecule has 1 fully saturated rings. The Balaban J connectivity index is 1.76. The lowest BCUT2D eigenvalue weighted by Gasteiger charge is -2.32. The molecule has 160 valence electrons. The summed E-state index contributed by atoms with van der Waals surface area (Å²) < 4.78 is 0. The number of hydrogen-bond acceptors (Lipinski definition) is 5. The molecule has 7 heteroatoms. The summed E-state index contributed by atoms with van der Waals surface area (Å²) in [6.45, 7) is 9.30. The van der Waals surface area contributed by atoms with Gasteiger partial charge in [0.05, 0.1) is 6.54 Å². The summed E-state index contributed by atoms with van der Waals surface area (Å²) in [7, 11) is 3.93. The van der Waals surface area contributed by atoms with Crippen LogP contribution >= 0.6 is 0 Å². The normalized spacial score (nSPS) is 18.3. The number of anilines is 1. The summed E-state index contributed by atoms with van der Waals surface area (Å²) in [4.78, 5) is 40.7. The van der Waals surface area contributed by atoms with E-state index in [4.69, 9.17) is 4.98 Å². The molecule has 0 bridgehead atoms. The Kier molecular flexibility index (Phi) is 6.88. The van der Waals surface area contributed by atoms with Crippen molar-refractivity contribution in [2.24, 2.45) is 11.8 Å². The molecule has 1 aromatic rings. The number of likely N-dealkylation sites (tertiary alicyclic amines) is 1. The number of nitrogens with zero attached hydrogens (tertiary/aromatic N) is 5. The SMILES string of the molecule is Cc1nc(CN(C)C(=O)C2CCN(C)CC2)nc2c1CCC(=O)N2CCC(C)C. The van der Waals surface area contributed by atoms with Gasteiger partial charge in [0, 0.05) is 37.2 Å². The largest absolute Gasteiger partial charge is 0.338 e. The molecule has 1 aromatic heterocycles. The van der Waals surface area contributed by atoms with Crippen molar-refractivity contribution >= 4 is 17.6 Å². The number of aryl methyl sites for hydroxylation is 1. The van der Waals surface area contributed by atoms with Crippen LogP contribution in [0, 0.1) is 18.8 Å². The van der Waals surface area contributed by atoms with Gasteiger partial charge < -0.3 is 9.80 Å². The molecule has 0 aliphatic carbocycles. The number of fused-ring (bicyclic) bond motifs is 1. The molecule has 0 spiro atoms. The zero-order valence-electron chi connectivity index (χ0n) is 18.6. The van der Waals surface area contributed by atoms with Crippen molar-refractivity contribution in [1.82, 2.24) is 19.8 Å². The molecule has 7 nitrogen and oxygen atoms in total. The maximum atomic E-state index is 12.9. The zero-order valence-corrected chi connectivity index (χ0v) is 18.6. The Bertz CT molecular complexity index is 756. The van der Waals surface area contributed by atoms with Gasteiger partial charge in [-0.1, -0.05) is 13.8 Å². The van der Waals surface area contributed by atoms with Gasteiger partial charge in [0.1, 0.15) is 11.6 Å². The van der Waals surface area contributed by atoms with Crippen molar-refractivity contribution in [3.63, 3.8) is 0 Å². The number of amides is 2. The molecule has 0 unspecified atom stereocenters. The molecule has 29 heavy (non-hydrogen) atoms.